The van der Waals surface area contributed by atoms with Crippen LogP contribution in [0.5, 0.6) is 11.6 Å². The van der Waals surface area contributed by atoms with Crippen molar-refractivity contribution in [2.75, 3.05) is 0 Å². The fourth-order valence-corrected chi connectivity index (χ4v) is 2.55. The molecule has 3 rings (SSSR count). The lowest BCUT2D eigenvalue weighted by Crippen LogP contribution is -2.05. The Kier molecular flexibility index (Phi) is 3.33. The molecule has 0 spiro atoms. The smallest absolute Gasteiger partial charge is 0.331 e. The fourth-order valence-electron chi connectivity index (χ4n) is 2.55. The molecule has 0 aliphatic heterocycles. The van der Waals surface area contributed by atoms with Crippen molar-refractivity contribution >= 4 is 5.69 Å². The molecule has 1 aromatic heterocycles. The second-order valence-corrected chi connectivity index (χ2v) is 4.79. The summed E-state index contributed by atoms with van der Waals surface area (Å²) in [5.41, 5.74) is 2.31. The van der Waals surface area contributed by atoms with Crippen molar-refractivity contribution < 1.29 is 9.66 Å². The molecule has 0 radical (unpaired) electrons. The summed E-state index contributed by atoms with van der Waals surface area (Å²) in [6, 6.07) is 8.80. The topological polar surface area (TPSA) is 65.3 Å². The van der Waals surface area contributed by atoms with Crippen molar-refractivity contribution in [1.29, 1.82) is 0 Å². The van der Waals surface area contributed by atoms with Gasteiger partial charge in [0.25, 0.3) is 5.88 Å². The molecule has 0 amide bonds. The van der Waals surface area contributed by atoms with Crippen LogP contribution >= 0.6 is 0 Å². The van der Waals surface area contributed by atoms with E-state index in [-0.39, 0.29) is 11.6 Å². The SMILES string of the molecule is O=[N+]([O-])c1cccnc1Oc1cccc2c1CCCC2. The highest BCUT2D eigenvalue weighted by atomic mass is 16.6. The van der Waals surface area contributed by atoms with E-state index in [9.17, 15) is 10.1 Å². The summed E-state index contributed by atoms with van der Waals surface area (Å²) in [5.74, 6) is 0.737. The van der Waals surface area contributed by atoms with Crippen molar-refractivity contribution in [2.24, 2.45) is 0 Å². The number of pyridine rings is 1. The van der Waals surface area contributed by atoms with Crippen LogP contribution in [0.1, 0.15) is 24.0 Å². The zero-order valence-corrected chi connectivity index (χ0v) is 10.9. The predicted octanol–water partition coefficient (Wildman–Crippen LogP) is 3.66. The Morgan fingerprint density at radius 2 is 2.00 bits per heavy atom. The summed E-state index contributed by atoms with van der Waals surface area (Å²) in [6.45, 7) is 0. The maximum absolute atomic E-state index is 11.0. The van der Waals surface area contributed by atoms with Crippen LogP contribution in [0.3, 0.4) is 0 Å². The van der Waals surface area contributed by atoms with Crippen LogP contribution in [0.25, 0.3) is 0 Å². The number of rotatable bonds is 3. The minimum atomic E-state index is -0.474. The molecule has 1 heterocycles. The molecule has 102 valence electrons. The second kappa shape index (κ2) is 5.28. The van der Waals surface area contributed by atoms with Crippen LogP contribution in [0.2, 0.25) is 0 Å². The van der Waals surface area contributed by atoms with Gasteiger partial charge in [-0.05, 0) is 48.9 Å². The monoisotopic (exact) mass is 270 g/mol. The molecule has 5 nitrogen and oxygen atoms in total. The molecular weight excluding hydrogens is 256 g/mol. The molecule has 0 saturated heterocycles. The van der Waals surface area contributed by atoms with Crippen molar-refractivity contribution in [3.05, 3.63) is 57.8 Å². The van der Waals surface area contributed by atoms with Gasteiger partial charge in [-0.15, -0.1) is 0 Å². The lowest BCUT2D eigenvalue weighted by molar-refractivity contribution is -0.386. The standard InChI is InChI=1S/C15H14N2O3/c18-17(19)13-8-4-10-16-15(13)20-14-9-3-6-11-5-1-2-7-12(11)14/h3-4,6,8-10H,1-2,5,7H2. The first-order valence-electron chi connectivity index (χ1n) is 6.64. The Morgan fingerprint density at radius 3 is 2.85 bits per heavy atom. The quantitative estimate of drug-likeness (QED) is 0.630. The van der Waals surface area contributed by atoms with Crippen LogP contribution in [0.4, 0.5) is 5.69 Å². The summed E-state index contributed by atoms with van der Waals surface area (Å²) < 4.78 is 5.72. The first kappa shape index (κ1) is 12.6. The van der Waals surface area contributed by atoms with E-state index in [1.54, 1.807) is 0 Å². The van der Waals surface area contributed by atoms with Crippen LogP contribution in [-0.4, -0.2) is 9.91 Å². The van der Waals surface area contributed by atoms with Crippen molar-refractivity contribution in [2.45, 2.75) is 25.7 Å². The summed E-state index contributed by atoms with van der Waals surface area (Å²) in [7, 11) is 0. The van der Waals surface area contributed by atoms with E-state index in [4.69, 9.17) is 4.74 Å². The molecule has 0 saturated carbocycles. The number of aryl methyl sites for hydroxylation is 1. The molecule has 0 atom stereocenters. The number of hydrogen-bond donors (Lipinski definition) is 0. The molecule has 0 unspecified atom stereocenters. The van der Waals surface area contributed by atoms with E-state index in [0.29, 0.717) is 5.75 Å². The normalized spacial score (nSPS) is 13.6. The van der Waals surface area contributed by atoms with Crippen molar-refractivity contribution in [3.8, 4) is 11.6 Å². The lowest BCUT2D eigenvalue weighted by atomic mass is 9.91. The number of hydrogen-bond acceptors (Lipinski definition) is 4. The Hall–Kier alpha value is -2.43. The minimum absolute atomic E-state index is 0.0523. The molecule has 20 heavy (non-hydrogen) atoms. The molecule has 1 aliphatic rings. The average Bonchev–Trinajstić information content (AvgIpc) is 2.48. The van der Waals surface area contributed by atoms with Crippen LogP contribution in [-0.2, 0) is 12.8 Å². The van der Waals surface area contributed by atoms with Crippen molar-refractivity contribution in [3.63, 3.8) is 0 Å². The third-order valence-corrected chi connectivity index (χ3v) is 3.51. The average molecular weight is 270 g/mol. The van der Waals surface area contributed by atoms with E-state index in [1.165, 1.54) is 30.3 Å². The first-order valence-corrected chi connectivity index (χ1v) is 6.64. The first-order chi connectivity index (χ1) is 9.75. The summed E-state index contributed by atoms with van der Waals surface area (Å²) in [6.07, 6.45) is 5.79. The Balaban J connectivity index is 1.98. The van der Waals surface area contributed by atoms with E-state index in [1.807, 2.05) is 12.1 Å². The lowest BCUT2D eigenvalue weighted by Gasteiger charge is -2.18. The van der Waals surface area contributed by atoms with Gasteiger partial charge < -0.3 is 4.74 Å². The molecule has 1 aromatic carbocycles. The zero-order valence-electron chi connectivity index (χ0n) is 10.9. The van der Waals surface area contributed by atoms with E-state index in [0.717, 1.165) is 24.8 Å². The second-order valence-electron chi connectivity index (χ2n) is 4.79. The van der Waals surface area contributed by atoms with E-state index >= 15 is 0 Å². The third kappa shape index (κ3) is 2.34. The number of benzene rings is 1. The number of nitrogens with zero attached hydrogens (tertiary/aromatic N) is 2. The van der Waals surface area contributed by atoms with E-state index in [2.05, 4.69) is 11.1 Å². The highest BCUT2D eigenvalue weighted by Gasteiger charge is 2.19. The molecule has 2 aromatic rings. The number of aromatic nitrogens is 1. The molecule has 0 N–H and O–H groups in total. The number of nitro groups is 1. The van der Waals surface area contributed by atoms with Gasteiger partial charge in [0.2, 0.25) is 0 Å². The van der Waals surface area contributed by atoms with Crippen LogP contribution < -0.4 is 4.74 Å². The Morgan fingerprint density at radius 1 is 1.15 bits per heavy atom. The highest BCUT2D eigenvalue weighted by molar-refractivity contribution is 5.47. The summed E-state index contributed by atoms with van der Waals surface area (Å²) in [5, 5.41) is 11.0. The van der Waals surface area contributed by atoms with E-state index < -0.39 is 4.92 Å². The molecule has 5 heteroatoms. The summed E-state index contributed by atoms with van der Waals surface area (Å²) >= 11 is 0. The zero-order chi connectivity index (χ0) is 13.9. The molecular formula is C15H14N2O3. The van der Waals surface area contributed by atoms with Crippen molar-refractivity contribution in [1.82, 2.24) is 4.98 Å². The fraction of sp³-hybridized carbons (Fsp3) is 0.267. The highest BCUT2D eigenvalue weighted by Crippen LogP contribution is 2.34. The molecule has 0 bridgehead atoms. The third-order valence-electron chi connectivity index (χ3n) is 3.51. The van der Waals surface area contributed by atoms with Gasteiger partial charge in [0.05, 0.1) is 4.92 Å². The Bertz CT molecular complexity index is 655. The molecule has 0 fully saturated rings. The Labute approximate surface area is 116 Å². The van der Waals surface area contributed by atoms with Crippen LogP contribution in [0.15, 0.2) is 36.5 Å². The van der Waals surface area contributed by atoms with Crippen LogP contribution in [0, 0.1) is 10.1 Å². The van der Waals surface area contributed by atoms with Gasteiger partial charge in [0.1, 0.15) is 5.75 Å². The largest absolute Gasteiger partial charge is 0.433 e. The van der Waals surface area contributed by atoms with Gasteiger partial charge in [0.15, 0.2) is 0 Å². The van der Waals surface area contributed by atoms with Gasteiger partial charge in [-0.1, -0.05) is 12.1 Å². The minimum Gasteiger partial charge on any atom is -0.433 e. The van der Waals surface area contributed by atoms with Gasteiger partial charge in [0, 0.05) is 12.3 Å². The summed E-state index contributed by atoms with van der Waals surface area (Å²) in [4.78, 5) is 14.5. The maximum Gasteiger partial charge on any atom is 0.331 e. The van der Waals surface area contributed by atoms with Gasteiger partial charge in [-0.3, -0.25) is 10.1 Å². The van der Waals surface area contributed by atoms with Gasteiger partial charge in [-0.2, -0.15) is 0 Å². The maximum atomic E-state index is 11.0. The predicted molar refractivity (Wildman–Crippen MR) is 74.0 cm³/mol. The molecule has 1 aliphatic carbocycles. The number of ether oxygens (including phenoxy) is 1. The number of fused-ring (bicyclic) bond motifs is 1. The van der Waals surface area contributed by atoms with Gasteiger partial charge >= 0.3 is 5.69 Å². The van der Waals surface area contributed by atoms with Gasteiger partial charge in [-0.25, -0.2) is 4.98 Å².